The van der Waals surface area contributed by atoms with Gasteiger partial charge in [-0.05, 0) is 29.3 Å². The Hall–Kier alpha value is -4.80. The molecule has 2 aliphatic rings. The van der Waals surface area contributed by atoms with Crippen LogP contribution in [0.2, 0.25) is 0 Å². The SMILES string of the molecule is C=CCN1CC(=O)N2[C@@H](Cc3ccc(OSN)cc3)C(=O)N(Cc3cccc(OC)c3OC)C[C@@H]2N1C(=O)NCc1ccccc1.O.O. The minimum absolute atomic E-state index is 0. The molecule has 258 valence electrons. The van der Waals surface area contributed by atoms with Gasteiger partial charge in [0.2, 0.25) is 11.8 Å². The van der Waals surface area contributed by atoms with Gasteiger partial charge in [-0.2, -0.15) is 0 Å². The molecule has 5 rings (SSSR count). The Morgan fingerprint density at radius 1 is 1.00 bits per heavy atom. The molecular formula is C33H42N6O8S. The lowest BCUT2D eigenvalue weighted by molar-refractivity contribution is -0.189. The zero-order valence-electron chi connectivity index (χ0n) is 26.8. The third kappa shape index (κ3) is 8.18. The number of carbonyl (C=O) groups excluding carboxylic acids is 3. The molecule has 0 saturated carbocycles. The number of urea groups is 1. The van der Waals surface area contributed by atoms with E-state index in [0.29, 0.717) is 23.8 Å². The first-order valence-electron chi connectivity index (χ1n) is 14.8. The second-order valence-electron chi connectivity index (χ2n) is 10.8. The van der Waals surface area contributed by atoms with E-state index in [4.69, 9.17) is 18.8 Å². The van der Waals surface area contributed by atoms with Gasteiger partial charge in [0.25, 0.3) is 0 Å². The Kier molecular flexibility index (Phi) is 13.6. The van der Waals surface area contributed by atoms with Crippen LogP contribution in [-0.4, -0.2) is 94.7 Å². The predicted molar refractivity (Wildman–Crippen MR) is 181 cm³/mol. The molecule has 2 saturated heterocycles. The quantitative estimate of drug-likeness (QED) is 0.163. The molecule has 0 aliphatic carbocycles. The lowest BCUT2D eigenvalue weighted by Crippen LogP contribution is -2.76. The summed E-state index contributed by atoms with van der Waals surface area (Å²) in [5, 5.41) is 11.7. The molecule has 2 heterocycles. The van der Waals surface area contributed by atoms with E-state index in [0.717, 1.165) is 28.9 Å². The topological polar surface area (TPSA) is 193 Å². The Morgan fingerprint density at radius 2 is 1.73 bits per heavy atom. The van der Waals surface area contributed by atoms with Crippen molar-refractivity contribution in [3.8, 4) is 17.2 Å². The lowest BCUT2D eigenvalue weighted by atomic mass is 9.98. The average molecular weight is 683 g/mol. The van der Waals surface area contributed by atoms with Crippen LogP contribution in [0.25, 0.3) is 0 Å². The Morgan fingerprint density at radius 3 is 2.38 bits per heavy atom. The van der Waals surface area contributed by atoms with Crippen molar-refractivity contribution in [2.45, 2.75) is 31.7 Å². The fourth-order valence-corrected chi connectivity index (χ4v) is 6.16. The van der Waals surface area contributed by atoms with Crippen LogP contribution in [0.4, 0.5) is 4.79 Å². The van der Waals surface area contributed by atoms with Crippen molar-refractivity contribution in [2.75, 3.05) is 33.9 Å². The highest BCUT2D eigenvalue weighted by atomic mass is 32.2. The van der Waals surface area contributed by atoms with E-state index in [1.807, 2.05) is 54.6 Å². The van der Waals surface area contributed by atoms with Crippen molar-refractivity contribution in [3.05, 3.63) is 102 Å². The Labute approximate surface area is 283 Å². The molecule has 0 spiro atoms. The summed E-state index contributed by atoms with van der Waals surface area (Å²) in [5.74, 6) is 1.11. The van der Waals surface area contributed by atoms with Crippen molar-refractivity contribution in [1.82, 2.24) is 25.1 Å². The van der Waals surface area contributed by atoms with Crippen LogP contribution in [0.5, 0.6) is 17.2 Å². The van der Waals surface area contributed by atoms with Crippen LogP contribution < -0.4 is 24.1 Å². The maximum atomic E-state index is 14.3. The average Bonchev–Trinajstić information content (AvgIpc) is 3.07. The predicted octanol–water partition coefficient (Wildman–Crippen LogP) is 1.69. The van der Waals surface area contributed by atoms with E-state index in [9.17, 15) is 14.4 Å². The summed E-state index contributed by atoms with van der Waals surface area (Å²) in [4.78, 5) is 45.3. The number of hydrazine groups is 1. The number of nitrogens with two attached hydrogens (primary N) is 1. The Bertz CT molecular complexity index is 1550. The molecule has 2 atom stereocenters. The van der Waals surface area contributed by atoms with Gasteiger partial charge in [0.05, 0.1) is 27.3 Å². The highest BCUT2D eigenvalue weighted by molar-refractivity contribution is 7.92. The molecule has 0 bridgehead atoms. The van der Waals surface area contributed by atoms with Crippen molar-refractivity contribution >= 4 is 30.1 Å². The number of benzene rings is 3. The van der Waals surface area contributed by atoms with Crippen LogP contribution >= 0.6 is 12.2 Å². The molecule has 4 amide bonds. The Balaban J connectivity index is 0.00000312. The summed E-state index contributed by atoms with van der Waals surface area (Å²) < 4.78 is 16.5. The van der Waals surface area contributed by atoms with Crippen molar-refractivity contribution < 1.29 is 39.0 Å². The fraction of sp³-hybridized carbons (Fsp3) is 0.303. The maximum absolute atomic E-state index is 14.3. The highest BCUT2D eigenvalue weighted by Crippen LogP contribution is 2.34. The number of methoxy groups -OCH3 is 2. The van der Waals surface area contributed by atoms with Crippen LogP contribution in [0.1, 0.15) is 16.7 Å². The zero-order chi connectivity index (χ0) is 32.6. The fourth-order valence-electron chi connectivity index (χ4n) is 5.94. The smallest absolute Gasteiger partial charge is 0.334 e. The normalized spacial score (nSPS) is 17.4. The zero-order valence-corrected chi connectivity index (χ0v) is 27.7. The first-order valence-corrected chi connectivity index (χ1v) is 15.6. The van der Waals surface area contributed by atoms with Crippen molar-refractivity contribution in [3.63, 3.8) is 0 Å². The third-order valence-corrected chi connectivity index (χ3v) is 8.30. The van der Waals surface area contributed by atoms with E-state index in [2.05, 4.69) is 11.9 Å². The summed E-state index contributed by atoms with van der Waals surface area (Å²) in [6.45, 7) is 4.57. The number of piperazine rings is 1. The standard InChI is InChI=1S/C33H38N6O6S.2H2O/c1-4-17-37-22-30(40)38-27(18-23-13-15-26(16-14-23)45-46-34)32(41)36(20-25-11-8-12-28(43-2)31(25)44-3)21-29(38)39(37)33(42)35-19-24-9-6-5-7-10-24;;/h4-16,27,29H,1,17-22,34H2,2-3H3,(H,35,42);2*1H2/t27-,29-;;/m0../s1. The molecule has 0 unspecified atom stereocenters. The number of nitrogens with one attached hydrogen (secondary N) is 1. The molecule has 3 aromatic carbocycles. The first-order chi connectivity index (χ1) is 22.4. The van der Waals surface area contributed by atoms with Gasteiger partial charge < -0.3 is 39.7 Å². The largest absolute Gasteiger partial charge is 0.493 e. The summed E-state index contributed by atoms with van der Waals surface area (Å²) in [5.41, 5.74) is 2.47. The number of carbonyl (C=O) groups is 3. The maximum Gasteiger partial charge on any atom is 0.334 e. The molecule has 0 aromatic heterocycles. The molecule has 2 aliphatic heterocycles. The number of rotatable bonds is 12. The monoisotopic (exact) mass is 682 g/mol. The minimum atomic E-state index is -0.881. The van der Waals surface area contributed by atoms with E-state index in [1.165, 1.54) is 0 Å². The van der Waals surface area contributed by atoms with Crippen LogP contribution in [0.3, 0.4) is 0 Å². The van der Waals surface area contributed by atoms with Gasteiger partial charge in [0.1, 0.15) is 30.2 Å². The van der Waals surface area contributed by atoms with E-state index >= 15 is 0 Å². The van der Waals surface area contributed by atoms with Crippen LogP contribution in [-0.2, 0) is 29.1 Å². The van der Waals surface area contributed by atoms with Crippen molar-refractivity contribution in [2.24, 2.45) is 5.14 Å². The molecule has 7 N–H and O–H groups in total. The molecule has 2 fully saturated rings. The number of hydrogen-bond acceptors (Lipinski definition) is 9. The second-order valence-corrected chi connectivity index (χ2v) is 11.2. The minimum Gasteiger partial charge on any atom is -0.493 e. The van der Waals surface area contributed by atoms with E-state index in [1.54, 1.807) is 58.3 Å². The molecule has 0 radical (unpaired) electrons. The summed E-state index contributed by atoms with van der Waals surface area (Å²) in [6, 6.07) is 21.0. The first kappa shape index (κ1) is 37.7. The summed E-state index contributed by atoms with van der Waals surface area (Å²) >= 11 is 0.740. The van der Waals surface area contributed by atoms with E-state index < -0.39 is 12.2 Å². The highest BCUT2D eigenvalue weighted by Gasteiger charge is 2.51. The van der Waals surface area contributed by atoms with Gasteiger partial charge in [-0.25, -0.2) is 20.0 Å². The second kappa shape index (κ2) is 17.4. The number of fused-ring (bicyclic) bond motifs is 1. The van der Waals surface area contributed by atoms with Crippen LogP contribution in [0, 0.1) is 0 Å². The lowest BCUT2D eigenvalue weighted by Gasteiger charge is -2.55. The molecule has 15 heteroatoms. The number of amides is 4. The van der Waals surface area contributed by atoms with Gasteiger partial charge in [-0.15, -0.1) is 6.58 Å². The van der Waals surface area contributed by atoms with Gasteiger partial charge in [-0.3, -0.25) is 9.59 Å². The third-order valence-electron chi connectivity index (χ3n) is 8.01. The summed E-state index contributed by atoms with van der Waals surface area (Å²) in [6.07, 6.45) is 1.09. The molecule has 48 heavy (non-hydrogen) atoms. The molecule has 14 nitrogen and oxygen atoms in total. The number of ether oxygens (including phenoxy) is 2. The number of nitrogens with zero attached hydrogens (tertiary/aromatic N) is 4. The molecule has 3 aromatic rings. The van der Waals surface area contributed by atoms with Gasteiger partial charge in [0.15, 0.2) is 11.5 Å². The van der Waals surface area contributed by atoms with Gasteiger partial charge in [-0.1, -0.05) is 60.7 Å². The number of hydrogen-bond donors (Lipinski definition) is 2. The van der Waals surface area contributed by atoms with Gasteiger partial charge in [0, 0.05) is 31.6 Å². The van der Waals surface area contributed by atoms with Crippen LogP contribution in [0.15, 0.2) is 85.5 Å². The number of para-hydroxylation sites is 1. The van der Waals surface area contributed by atoms with E-state index in [-0.39, 0.29) is 61.4 Å². The van der Waals surface area contributed by atoms with Crippen molar-refractivity contribution in [1.29, 1.82) is 0 Å². The van der Waals surface area contributed by atoms with Gasteiger partial charge >= 0.3 is 6.03 Å². The summed E-state index contributed by atoms with van der Waals surface area (Å²) in [7, 11) is 3.10. The molecular weight excluding hydrogens is 640 g/mol.